The smallest absolute Gasteiger partial charge is 0.309 e. The van der Waals surface area contributed by atoms with Gasteiger partial charge in [-0.25, -0.2) is 9.97 Å². The molecule has 0 amide bonds. The number of esters is 1. The monoisotopic (exact) mass is 744 g/mol. The Bertz CT molecular complexity index is 2170. The lowest BCUT2D eigenvalue weighted by atomic mass is 10.2. The number of pyridine rings is 2. The maximum absolute atomic E-state index is 11.9. The number of benzene rings is 2. The Kier molecular flexibility index (Phi) is 12.1. The summed E-state index contributed by atoms with van der Waals surface area (Å²) in [6.45, 7) is 5.16. The van der Waals surface area contributed by atoms with E-state index in [1.165, 1.54) is 0 Å². The quantitative estimate of drug-likeness (QED) is 0.0429. The largest absolute Gasteiger partial charge is 0.494 e. The molecule has 2 unspecified atom stereocenters. The predicted octanol–water partition coefficient (Wildman–Crippen LogP) is 8.13. The van der Waals surface area contributed by atoms with Crippen molar-refractivity contribution in [2.75, 3.05) is 43.5 Å². The van der Waals surface area contributed by atoms with E-state index in [4.69, 9.17) is 19.3 Å². The van der Waals surface area contributed by atoms with E-state index in [-0.39, 0.29) is 30.1 Å². The van der Waals surface area contributed by atoms with Crippen LogP contribution in [0.1, 0.15) is 62.3 Å². The van der Waals surface area contributed by atoms with E-state index in [9.17, 15) is 9.59 Å². The molecule has 286 valence electrons. The molecule has 2 aliphatic carbocycles. The third-order valence-electron chi connectivity index (χ3n) is 9.89. The first-order valence-electron chi connectivity index (χ1n) is 19.1. The first kappa shape index (κ1) is 37.3. The summed E-state index contributed by atoms with van der Waals surface area (Å²) in [6, 6.07) is 27.9. The first-order chi connectivity index (χ1) is 26.9. The number of carboxylic acids is 1. The summed E-state index contributed by atoms with van der Waals surface area (Å²) in [7, 11) is 0. The SMILES string of the molecule is CCOC(=O)C1CC1c1cc2cc(OCCCNc3ccccn3)ccc2[nH]1.O=C(O)C[C@@H]1C[C@H]1c1cc2cc(OCCCNc3ccccn3)ccc2[nH]1. The van der Waals surface area contributed by atoms with Gasteiger partial charge >= 0.3 is 11.9 Å². The summed E-state index contributed by atoms with van der Waals surface area (Å²) in [4.78, 5) is 38.0. The van der Waals surface area contributed by atoms with Crippen molar-refractivity contribution in [2.24, 2.45) is 11.8 Å². The first-order valence-corrected chi connectivity index (χ1v) is 19.1. The predicted molar refractivity (Wildman–Crippen MR) is 213 cm³/mol. The number of aromatic nitrogens is 4. The molecule has 12 nitrogen and oxygen atoms in total. The van der Waals surface area contributed by atoms with Gasteiger partial charge in [-0.3, -0.25) is 9.59 Å². The number of aromatic amines is 2. The van der Waals surface area contributed by atoms with Crippen LogP contribution in [-0.4, -0.2) is 69.9 Å². The number of anilines is 2. The third-order valence-corrected chi connectivity index (χ3v) is 9.89. The maximum atomic E-state index is 11.9. The van der Waals surface area contributed by atoms with Crippen LogP contribution in [0, 0.1) is 11.8 Å². The number of carbonyl (C=O) groups is 2. The average molecular weight is 745 g/mol. The molecule has 4 atom stereocenters. The highest BCUT2D eigenvalue weighted by atomic mass is 16.5. The summed E-state index contributed by atoms with van der Waals surface area (Å²) in [5, 5.41) is 17.7. The van der Waals surface area contributed by atoms with Crippen LogP contribution in [-0.2, 0) is 14.3 Å². The van der Waals surface area contributed by atoms with Crippen molar-refractivity contribution in [3.05, 3.63) is 109 Å². The molecule has 2 aromatic carbocycles. The Balaban J connectivity index is 0.000000169. The molecule has 6 aromatic rings. The number of fused-ring (bicyclic) bond motifs is 2. The van der Waals surface area contributed by atoms with E-state index in [2.05, 4.69) is 42.7 Å². The zero-order valence-corrected chi connectivity index (χ0v) is 31.0. The molecule has 2 fully saturated rings. The molecule has 5 N–H and O–H groups in total. The lowest BCUT2D eigenvalue weighted by molar-refractivity contribution is -0.144. The van der Waals surface area contributed by atoms with Crippen molar-refractivity contribution in [1.29, 1.82) is 0 Å². The van der Waals surface area contributed by atoms with Gasteiger partial charge in [-0.2, -0.15) is 0 Å². The Labute approximate surface area is 320 Å². The Morgan fingerprint density at radius 3 is 1.82 bits per heavy atom. The topological polar surface area (TPSA) is 163 Å². The van der Waals surface area contributed by atoms with E-state index in [0.717, 1.165) is 95.1 Å². The van der Waals surface area contributed by atoms with Crippen molar-refractivity contribution < 1.29 is 28.9 Å². The maximum Gasteiger partial charge on any atom is 0.309 e. The highest BCUT2D eigenvalue weighted by molar-refractivity contribution is 5.84. The molecule has 0 radical (unpaired) electrons. The Morgan fingerprint density at radius 2 is 1.31 bits per heavy atom. The second-order valence-corrected chi connectivity index (χ2v) is 14.0. The molecule has 4 aromatic heterocycles. The van der Waals surface area contributed by atoms with Crippen molar-refractivity contribution in [3.63, 3.8) is 0 Å². The lowest BCUT2D eigenvalue weighted by Crippen LogP contribution is -2.08. The molecule has 0 aliphatic heterocycles. The van der Waals surface area contributed by atoms with Crippen molar-refractivity contribution in [2.45, 2.75) is 50.9 Å². The number of nitrogens with zero attached hydrogens (tertiary/aromatic N) is 2. The fourth-order valence-electron chi connectivity index (χ4n) is 6.86. The molecular weight excluding hydrogens is 697 g/mol. The highest BCUT2D eigenvalue weighted by Gasteiger charge is 2.46. The molecule has 4 heterocycles. The van der Waals surface area contributed by atoms with Gasteiger partial charge in [0.2, 0.25) is 0 Å². The standard InChI is InChI=1S/C22H25N3O3.C21H23N3O3/c1-2-27-22(26)18-14-17(18)20-13-15-12-16(7-8-19(15)25-20)28-11-5-10-24-21-6-3-4-9-23-21;25-21(26)13-14-11-17(14)19-12-15-10-16(5-6-18(15)24-19)27-9-3-8-23-20-4-1-2-7-22-20/h3-4,6-9,12-13,17-18,25H,2,5,10-11,14H2,1H3,(H,23,24);1-2,4-7,10,12,14,17,24H,3,8-9,11,13H2,(H,22,23)(H,25,26)/t;14-,17+/m.0/s1. The number of H-pyrrole nitrogens is 2. The molecule has 2 aliphatic rings. The molecule has 12 heteroatoms. The number of ether oxygens (including phenoxy) is 3. The molecule has 2 saturated carbocycles. The summed E-state index contributed by atoms with van der Waals surface area (Å²) >= 11 is 0. The molecule has 0 saturated heterocycles. The number of hydrogen-bond acceptors (Lipinski definition) is 9. The number of rotatable bonds is 18. The summed E-state index contributed by atoms with van der Waals surface area (Å²) in [5.41, 5.74) is 4.36. The number of hydrogen-bond donors (Lipinski definition) is 5. The van der Waals surface area contributed by atoms with E-state index >= 15 is 0 Å². The van der Waals surface area contributed by atoms with Crippen LogP contribution in [0.25, 0.3) is 21.8 Å². The molecule has 0 spiro atoms. The van der Waals surface area contributed by atoms with Crippen LogP contribution in [0.5, 0.6) is 11.5 Å². The molecule has 55 heavy (non-hydrogen) atoms. The van der Waals surface area contributed by atoms with Gasteiger partial charge in [0.15, 0.2) is 0 Å². The van der Waals surface area contributed by atoms with Gasteiger partial charge in [0.05, 0.1) is 25.7 Å². The summed E-state index contributed by atoms with van der Waals surface area (Å²) in [6.07, 6.45) is 7.37. The van der Waals surface area contributed by atoms with Gasteiger partial charge in [0.1, 0.15) is 23.1 Å². The minimum absolute atomic E-state index is 0.00432. The van der Waals surface area contributed by atoms with E-state index in [1.807, 2.05) is 79.7 Å². The third kappa shape index (κ3) is 10.3. The van der Waals surface area contributed by atoms with Gasteiger partial charge < -0.3 is 39.9 Å². The Hall–Kier alpha value is -6.04. The fraction of sp³-hybridized carbons (Fsp3) is 0.349. The van der Waals surface area contributed by atoms with E-state index in [1.54, 1.807) is 12.4 Å². The normalized spacial score (nSPS) is 18.2. The fourth-order valence-corrected chi connectivity index (χ4v) is 6.86. The molecule has 8 rings (SSSR count). The minimum atomic E-state index is -0.716. The van der Waals surface area contributed by atoms with Gasteiger partial charge in [-0.05, 0) is 111 Å². The second-order valence-electron chi connectivity index (χ2n) is 14.0. The van der Waals surface area contributed by atoms with Gasteiger partial charge in [0, 0.05) is 76.9 Å². The average Bonchev–Trinajstić information content (AvgIpc) is 4.07. The Morgan fingerprint density at radius 1 is 0.745 bits per heavy atom. The summed E-state index contributed by atoms with van der Waals surface area (Å²) < 4.78 is 16.9. The van der Waals surface area contributed by atoms with Gasteiger partial charge in [-0.15, -0.1) is 0 Å². The highest BCUT2D eigenvalue weighted by Crippen LogP contribution is 2.50. The number of carbonyl (C=O) groups excluding carboxylic acids is 1. The van der Waals surface area contributed by atoms with Crippen LogP contribution in [0.2, 0.25) is 0 Å². The second kappa shape index (κ2) is 17.9. The minimum Gasteiger partial charge on any atom is -0.494 e. The summed E-state index contributed by atoms with van der Waals surface area (Å²) in [5.74, 6) is 3.50. The van der Waals surface area contributed by atoms with Crippen molar-refractivity contribution in [1.82, 2.24) is 19.9 Å². The van der Waals surface area contributed by atoms with Crippen LogP contribution in [0.4, 0.5) is 11.6 Å². The van der Waals surface area contributed by atoms with Crippen molar-refractivity contribution in [3.8, 4) is 11.5 Å². The van der Waals surface area contributed by atoms with Crippen LogP contribution < -0.4 is 20.1 Å². The van der Waals surface area contributed by atoms with Crippen LogP contribution in [0.15, 0.2) is 97.3 Å². The molecular formula is C43H48N6O6. The number of nitrogens with one attached hydrogen (secondary N) is 4. The lowest BCUT2D eigenvalue weighted by Gasteiger charge is -2.07. The van der Waals surface area contributed by atoms with E-state index < -0.39 is 5.97 Å². The number of carboxylic acid groups (broad SMARTS) is 1. The zero-order valence-electron chi connectivity index (χ0n) is 31.0. The zero-order chi connectivity index (χ0) is 38.0. The molecule has 0 bridgehead atoms. The van der Waals surface area contributed by atoms with Gasteiger partial charge in [-0.1, -0.05) is 12.1 Å². The number of aliphatic carboxylic acids is 1. The van der Waals surface area contributed by atoms with E-state index in [0.29, 0.717) is 25.7 Å². The van der Waals surface area contributed by atoms with Crippen LogP contribution >= 0.6 is 0 Å². The van der Waals surface area contributed by atoms with Gasteiger partial charge in [0.25, 0.3) is 0 Å². The van der Waals surface area contributed by atoms with Crippen molar-refractivity contribution >= 4 is 45.4 Å². The van der Waals surface area contributed by atoms with Crippen LogP contribution in [0.3, 0.4) is 0 Å².